The lowest BCUT2D eigenvalue weighted by Gasteiger charge is -2.50. The lowest BCUT2D eigenvalue weighted by Crippen LogP contribution is -2.44. The third kappa shape index (κ3) is 4.11. The number of para-hydroxylation sites is 5. The van der Waals surface area contributed by atoms with Crippen molar-refractivity contribution in [3.63, 3.8) is 0 Å². The summed E-state index contributed by atoms with van der Waals surface area (Å²) in [5, 5.41) is 2.60. The van der Waals surface area contributed by atoms with E-state index < -0.39 is 5.41 Å². The molecule has 1 unspecified atom stereocenters. The Morgan fingerprint density at radius 1 is 0.389 bits per heavy atom. The lowest BCUT2D eigenvalue weighted by molar-refractivity contribution is 0.556. The highest BCUT2D eigenvalue weighted by molar-refractivity contribution is 6.12. The molecule has 9 aromatic rings. The van der Waals surface area contributed by atoms with Crippen molar-refractivity contribution in [1.82, 2.24) is 4.57 Å². The molecule has 1 aliphatic carbocycles. The quantitative estimate of drug-likeness (QED) is 0.178. The Bertz CT molecular complexity index is 2860. The summed E-state index contributed by atoms with van der Waals surface area (Å²) in [6, 6.07) is 71.8. The van der Waals surface area contributed by atoms with Crippen molar-refractivity contribution in [1.29, 1.82) is 0 Å². The topological polar surface area (TPSA) is 8.17 Å². The van der Waals surface area contributed by atoms with E-state index in [0.29, 0.717) is 0 Å². The van der Waals surface area contributed by atoms with E-state index in [-0.39, 0.29) is 5.41 Å². The number of hydrogen-bond donors (Lipinski definition) is 0. The van der Waals surface area contributed by atoms with Crippen LogP contribution < -0.4 is 4.90 Å². The molecule has 2 heterocycles. The van der Waals surface area contributed by atoms with Crippen LogP contribution in [0.25, 0.3) is 38.6 Å². The summed E-state index contributed by atoms with van der Waals surface area (Å²) in [6.45, 7) is 4.82. The normalized spacial score (nSPS) is 16.2. The molecule has 2 heteroatoms. The molecule has 1 aromatic heterocycles. The van der Waals surface area contributed by atoms with E-state index >= 15 is 0 Å². The second kappa shape index (κ2) is 11.4. The SMILES string of the molecule is CC1(C)c2ccccc2C2(c3ccccc3-n3c4ccccc4c4cccc2c43)c2ccc(-c3ccc(N(c4ccccc4)c4ccccc4)cc3)cc21. The molecule has 1 atom stereocenters. The molecule has 0 saturated heterocycles. The predicted octanol–water partition coefficient (Wildman–Crippen LogP) is 13.3. The summed E-state index contributed by atoms with van der Waals surface area (Å²) in [4.78, 5) is 2.32. The number of anilines is 3. The van der Waals surface area contributed by atoms with Crippen molar-refractivity contribution in [2.24, 2.45) is 0 Å². The Labute approximate surface area is 316 Å². The summed E-state index contributed by atoms with van der Waals surface area (Å²) >= 11 is 0. The lowest BCUT2D eigenvalue weighted by atomic mass is 9.53. The highest BCUT2D eigenvalue weighted by Gasteiger charge is 2.52. The molecule has 0 bridgehead atoms. The van der Waals surface area contributed by atoms with E-state index in [1.807, 2.05) is 0 Å². The van der Waals surface area contributed by atoms with Crippen LogP contribution in [0.3, 0.4) is 0 Å². The maximum Gasteiger partial charge on any atom is 0.0748 e. The molecule has 0 saturated carbocycles. The average molecular weight is 691 g/mol. The summed E-state index contributed by atoms with van der Waals surface area (Å²) in [5.74, 6) is 0. The number of fused-ring (bicyclic) bond motifs is 11. The Morgan fingerprint density at radius 2 is 0.926 bits per heavy atom. The predicted molar refractivity (Wildman–Crippen MR) is 225 cm³/mol. The van der Waals surface area contributed by atoms with Crippen LogP contribution in [0.5, 0.6) is 0 Å². The first-order valence-corrected chi connectivity index (χ1v) is 18.9. The van der Waals surface area contributed by atoms with Crippen LogP contribution in [-0.2, 0) is 10.8 Å². The molecular formula is C52H38N2. The van der Waals surface area contributed by atoms with Gasteiger partial charge in [0.05, 0.1) is 22.1 Å². The van der Waals surface area contributed by atoms with Gasteiger partial charge in [-0.05, 0) is 99.1 Å². The highest BCUT2D eigenvalue weighted by atomic mass is 15.1. The third-order valence-corrected chi connectivity index (χ3v) is 12.2. The van der Waals surface area contributed by atoms with Crippen LogP contribution in [0.1, 0.15) is 47.2 Å². The van der Waals surface area contributed by atoms with Crippen molar-refractivity contribution in [2.75, 3.05) is 4.90 Å². The van der Waals surface area contributed by atoms with Gasteiger partial charge in [0.1, 0.15) is 0 Å². The van der Waals surface area contributed by atoms with Gasteiger partial charge in [-0.2, -0.15) is 0 Å². The Balaban J connectivity index is 1.14. The molecule has 2 nitrogen and oxygen atoms in total. The van der Waals surface area contributed by atoms with Crippen LogP contribution in [0.2, 0.25) is 0 Å². The minimum atomic E-state index is -0.490. The summed E-state index contributed by atoms with van der Waals surface area (Å²) < 4.78 is 2.52. The Morgan fingerprint density at radius 3 is 1.67 bits per heavy atom. The molecule has 0 amide bonds. The summed E-state index contributed by atoms with van der Waals surface area (Å²) in [6.07, 6.45) is 0. The van der Waals surface area contributed by atoms with Crippen molar-refractivity contribution in [2.45, 2.75) is 24.7 Å². The maximum absolute atomic E-state index is 2.52. The van der Waals surface area contributed by atoms with Crippen LogP contribution in [0.4, 0.5) is 17.1 Å². The van der Waals surface area contributed by atoms with Crippen LogP contribution in [0.15, 0.2) is 194 Å². The van der Waals surface area contributed by atoms with Gasteiger partial charge in [-0.15, -0.1) is 0 Å². The Kier molecular flexibility index (Phi) is 6.55. The molecule has 11 rings (SSSR count). The van der Waals surface area contributed by atoms with Gasteiger partial charge in [0, 0.05) is 33.2 Å². The van der Waals surface area contributed by atoms with Gasteiger partial charge < -0.3 is 9.47 Å². The first-order valence-electron chi connectivity index (χ1n) is 18.9. The molecule has 0 fully saturated rings. The van der Waals surface area contributed by atoms with Gasteiger partial charge in [-0.1, -0.05) is 153 Å². The fourth-order valence-electron chi connectivity index (χ4n) is 9.90. The van der Waals surface area contributed by atoms with Gasteiger partial charge >= 0.3 is 0 Å². The van der Waals surface area contributed by atoms with Crippen molar-refractivity contribution >= 4 is 38.9 Å². The molecule has 54 heavy (non-hydrogen) atoms. The smallest absolute Gasteiger partial charge is 0.0748 e. The molecule has 1 spiro atoms. The summed E-state index contributed by atoms with van der Waals surface area (Å²) in [5.41, 5.74) is 17.1. The standard InChI is InChI=1S/C52H38N2/c1-51(2)42-22-10-11-23-43(42)52(45-24-12-14-27-49(45)54-48-26-13-9-20-40(48)41-21-15-25-46(52)50(41)54)44-33-30-36(34-47(44)51)35-28-31-39(32-29-35)53(37-16-5-3-6-17-37)38-18-7-4-8-19-38/h3-34H,1-2H3. The van der Waals surface area contributed by atoms with Gasteiger partial charge in [0.2, 0.25) is 0 Å². The first-order chi connectivity index (χ1) is 26.6. The number of nitrogens with zero attached hydrogens (tertiary/aromatic N) is 2. The van der Waals surface area contributed by atoms with Crippen LogP contribution >= 0.6 is 0 Å². The number of aromatic nitrogens is 1. The van der Waals surface area contributed by atoms with E-state index in [9.17, 15) is 0 Å². The fraction of sp³-hybridized carbons (Fsp3) is 0.0769. The van der Waals surface area contributed by atoms with E-state index in [0.717, 1.165) is 17.1 Å². The molecule has 0 N–H and O–H groups in total. The van der Waals surface area contributed by atoms with Crippen molar-refractivity contribution in [3.05, 3.63) is 228 Å². The largest absolute Gasteiger partial charge is 0.311 e. The van der Waals surface area contributed by atoms with Gasteiger partial charge in [0.15, 0.2) is 0 Å². The molecule has 1 aliphatic heterocycles. The number of benzene rings is 8. The maximum atomic E-state index is 2.52. The highest BCUT2D eigenvalue weighted by Crippen LogP contribution is 2.60. The van der Waals surface area contributed by atoms with Crippen molar-refractivity contribution in [3.8, 4) is 16.8 Å². The van der Waals surface area contributed by atoms with E-state index in [2.05, 4.69) is 217 Å². The van der Waals surface area contributed by atoms with Crippen LogP contribution in [0, 0.1) is 0 Å². The van der Waals surface area contributed by atoms with Crippen LogP contribution in [-0.4, -0.2) is 4.57 Å². The van der Waals surface area contributed by atoms with E-state index in [1.54, 1.807) is 0 Å². The fourth-order valence-corrected chi connectivity index (χ4v) is 9.90. The average Bonchev–Trinajstić information content (AvgIpc) is 3.57. The zero-order valence-corrected chi connectivity index (χ0v) is 30.4. The van der Waals surface area contributed by atoms with E-state index in [4.69, 9.17) is 0 Å². The second-order valence-corrected chi connectivity index (χ2v) is 15.3. The van der Waals surface area contributed by atoms with Gasteiger partial charge in [-0.25, -0.2) is 0 Å². The number of hydrogen-bond acceptors (Lipinski definition) is 1. The number of rotatable bonds is 4. The first kappa shape index (κ1) is 30.9. The Hall–Kier alpha value is -6.64. The second-order valence-electron chi connectivity index (χ2n) is 15.3. The zero-order chi connectivity index (χ0) is 36.0. The molecular weight excluding hydrogens is 653 g/mol. The minimum absolute atomic E-state index is 0.225. The van der Waals surface area contributed by atoms with Gasteiger partial charge in [0.25, 0.3) is 0 Å². The molecule has 0 radical (unpaired) electrons. The molecule has 256 valence electrons. The van der Waals surface area contributed by atoms with Crippen molar-refractivity contribution < 1.29 is 0 Å². The molecule has 8 aromatic carbocycles. The zero-order valence-electron chi connectivity index (χ0n) is 30.4. The monoisotopic (exact) mass is 690 g/mol. The third-order valence-electron chi connectivity index (χ3n) is 12.2. The van der Waals surface area contributed by atoms with Gasteiger partial charge in [-0.3, -0.25) is 0 Å². The summed E-state index contributed by atoms with van der Waals surface area (Å²) in [7, 11) is 0. The molecule has 2 aliphatic rings. The van der Waals surface area contributed by atoms with E-state index in [1.165, 1.54) is 72.0 Å². The minimum Gasteiger partial charge on any atom is -0.311 e.